The first-order valence-corrected chi connectivity index (χ1v) is 11.0. The highest BCUT2D eigenvalue weighted by Crippen LogP contribution is 2.37. The summed E-state index contributed by atoms with van der Waals surface area (Å²) in [5, 5.41) is 5.91. The Labute approximate surface area is 185 Å². The predicted molar refractivity (Wildman–Crippen MR) is 121 cm³/mol. The van der Waals surface area contributed by atoms with Crippen molar-refractivity contribution in [2.75, 3.05) is 19.0 Å². The van der Waals surface area contributed by atoms with Crippen LogP contribution in [0.1, 0.15) is 59.7 Å². The summed E-state index contributed by atoms with van der Waals surface area (Å²) in [6, 6.07) is 10.5. The van der Waals surface area contributed by atoms with E-state index in [1.165, 1.54) is 20.0 Å². The van der Waals surface area contributed by atoms with E-state index in [1.54, 1.807) is 36.4 Å². The van der Waals surface area contributed by atoms with E-state index in [9.17, 15) is 9.59 Å². The molecule has 0 aliphatic heterocycles. The molecule has 2 aromatic rings. The number of hydrogen-bond acceptors (Lipinski definition) is 4. The number of rotatable bonds is 8. The molecule has 160 valence electrons. The van der Waals surface area contributed by atoms with Gasteiger partial charge in [0.15, 0.2) is 11.5 Å². The Balaban J connectivity index is 1.66. The number of methoxy groups -OCH3 is 1. The molecule has 2 amide bonds. The first kappa shape index (κ1) is 22.2. The van der Waals surface area contributed by atoms with Gasteiger partial charge in [-0.05, 0) is 71.6 Å². The molecule has 1 aliphatic rings. The van der Waals surface area contributed by atoms with Gasteiger partial charge in [0.25, 0.3) is 11.8 Å². The molecule has 0 saturated heterocycles. The Kier molecular flexibility index (Phi) is 7.74. The Morgan fingerprint density at radius 1 is 1.07 bits per heavy atom. The lowest BCUT2D eigenvalue weighted by molar-refractivity contribution is 0.0937. The van der Waals surface area contributed by atoms with E-state index in [1.807, 2.05) is 6.92 Å². The van der Waals surface area contributed by atoms with Crippen LogP contribution in [0.3, 0.4) is 0 Å². The van der Waals surface area contributed by atoms with Crippen molar-refractivity contribution in [1.82, 2.24) is 5.32 Å². The van der Waals surface area contributed by atoms with Crippen LogP contribution in [0, 0.1) is 0 Å². The van der Waals surface area contributed by atoms with Crippen LogP contribution in [0.15, 0.2) is 40.9 Å². The molecule has 0 heterocycles. The van der Waals surface area contributed by atoms with E-state index < -0.39 is 0 Å². The van der Waals surface area contributed by atoms with Gasteiger partial charge in [-0.2, -0.15) is 0 Å². The number of carbonyl (C=O) groups excluding carboxylic acids is 2. The van der Waals surface area contributed by atoms with Gasteiger partial charge >= 0.3 is 0 Å². The largest absolute Gasteiger partial charge is 0.493 e. The molecule has 1 aliphatic carbocycles. The van der Waals surface area contributed by atoms with Gasteiger partial charge in [-0.3, -0.25) is 9.59 Å². The Hall–Kier alpha value is -2.54. The van der Waals surface area contributed by atoms with Crippen LogP contribution in [0.4, 0.5) is 5.69 Å². The number of nitrogens with one attached hydrogen (secondary N) is 2. The van der Waals surface area contributed by atoms with Crippen LogP contribution in [0.25, 0.3) is 0 Å². The summed E-state index contributed by atoms with van der Waals surface area (Å²) in [4.78, 5) is 25.0. The van der Waals surface area contributed by atoms with Crippen LogP contribution in [0.2, 0.25) is 0 Å². The number of hydrogen-bond donors (Lipinski definition) is 2. The van der Waals surface area contributed by atoms with Crippen molar-refractivity contribution in [2.45, 2.75) is 45.1 Å². The zero-order valence-electron chi connectivity index (χ0n) is 17.3. The predicted octanol–water partition coefficient (Wildman–Crippen LogP) is 5.17. The molecule has 7 heteroatoms. The summed E-state index contributed by atoms with van der Waals surface area (Å²) < 4.78 is 11.7. The highest BCUT2D eigenvalue weighted by molar-refractivity contribution is 9.10. The molecule has 0 atom stereocenters. The summed E-state index contributed by atoms with van der Waals surface area (Å²) in [5.41, 5.74) is 1.63. The number of ether oxygens (including phenoxy) is 2. The zero-order chi connectivity index (χ0) is 21.5. The molecule has 2 aromatic carbocycles. The minimum Gasteiger partial charge on any atom is -0.493 e. The molecule has 2 N–H and O–H groups in total. The second-order valence-corrected chi connectivity index (χ2v) is 8.18. The Morgan fingerprint density at radius 3 is 2.40 bits per heavy atom. The molecule has 0 radical (unpaired) electrons. The maximum Gasteiger partial charge on any atom is 0.255 e. The molecule has 3 rings (SSSR count). The second kappa shape index (κ2) is 10.5. The quantitative estimate of drug-likeness (QED) is 0.552. The van der Waals surface area contributed by atoms with E-state index in [4.69, 9.17) is 9.47 Å². The fourth-order valence-electron chi connectivity index (χ4n) is 3.44. The number of anilines is 1. The number of carbonyl (C=O) groups is 2. The smallest absolute Gasteiger partial charge is 0.255 e. The van der Waals surface area contributed by atoms with Crippen molar-refractivity contribution in [3.05, 3.63) is 52.0 Å². The number of benzene rings is 2. The normalized spacial score (nSPS) is 13.7. The van der Waals surface area contributed by atoms with Crippen molar-refractivity contribution in [1.29, 1.82) is 0 Å². The van der Waals surface area contributed by atoms with Gasteiger partial charge in [-0.15, -0.1) is 0 Å². The first-order valence-electron chi connectivity index (χ1n) is 10.2. The van der Waals surface area contributed by atoms with E-state index in [2.05, 4.69) is 26.6 Å². The van der Waals surface area contributed by atoms with Crippen LogP contribution >= 0.6 is 15.9 Å². The van der Waals surface area contributed by atoms with Crippen LogP contribution in [0.5, 0.6) is 11.5 Å². The molecule has 6 nitrogen and oxygen atoms in total. The van der Waals surface area contributed by atoms with Gasteiger partial charge in [0.05, 0.1) is 18.2 Å². The lowest BCUT2D eigenvalue weighted by atomic mass is 10.1. The summed E-state index contributed by atoms with van der Waals surface area (Å²) in [7, 11) is 1.54. The van der Waals surface area contributed by atoms with Crippen molar-refractivity contribution < 1.29 is 19.1 Å². The van der Waals surface area contributed by atoms with E-state index >= 15 is 0 Å². The summed E-state index contributed by atoms with van der Waals surface area (Å²) in [5.74, 6) is 0.714. The minimum atomic E-state index is -0.279. The first-order chi connectivity index (χ1) is 14.5. The van der Waals surface area contributed by atoms with Gasteiger partial charge in [-0.25, -0.2) is 0 Å². The van der Waals surface area contributed by atoms with E-state index in [-0.39, 0.29) is 17.9 Å². The van der Waals surface area contributed by atoms with Crippen LogP contribution < -0.4 is 20.1 Å². The van der Waals surface area contributed by atoms with Crippen LogP contribution in [-0.2, 0) is 0 Å². The van der Waals surface area contributed by atoms with Crippen molar-refractivity contribution in [3.63, 3.8) is 0 Å². The van der Waals surface area contributed by atoms with Gasteiger partial charge in [-0.1, -0.05) is 19.8 Å². The minimum absolute atomic E-state index is 0.0730. The van der Waals surface area contributed by atoms with Gasteiger partial charge < -0.3 is 20.1 Å². The molecule has 1 saturated carbocycles. The summed E-state index contributed by atoms with van der Waals surface area (Å²) >= 11 is 3.45. The monoisotopic (exact) mass is 474 g/mol. The van der Waals surface area contributed by atoms with Gasteiger partial charge in [0.2, 0.25) is 0 Å². The van der Waals surface area contributed by atoms with E-state index in [0.717, 1.165) is 19.3 Å². The van der Waals surface area contributed by atoms with Gasteiger partial charge in [0.1, 0.15) is 0 Å². The molecule has 0 unspecified atom stereocenters. The standard InChI is InChI=1S/C23H27BrN2O4/c1-3-12-30-21-19(24)13-16(14-20(21)29-2)23(28)26-18-10-8-15(9-11-18)22(27)25-17-6-4-5-7-17/h8-11,13-14,17H,3-7,12H2,1-2H3,(H,25,27)(H,26,28). The third-order valence-electron chi connectivity index (χ3n) is 5.04. The number of halogens is 1. The number of amides is 2. The SMILES string of the molecule is CCCOc1c(Br)cc(C(=O)Nc2ccc(C(=O)NC3CCCC3)cc2)cc1OC. The molecular formula is C23H27BrN2O4. The zero-order valence-corrected chi connectivity index (χ0v) is 18.9. The highest BCUT2D eigenvalue weighted by atomic mass is 79.9. The average Bonchev–Trinajstić information content (AvgIpc) is 3.25. The summed E-state index contributed by atoms with van der Waals surface area (Å²) in [6.45, 7) is 2.58. The maximum absolute atomic E-state index is 12.7. The Morgan fingerprint density at radius 2 is 1.77 bits per heavy atom. The lowest BCUT2D eigenvalue weighted by Crippen LogP contribution is -2.32. The topological polar surface area (TPSA) is 76.7 Å². The fourth-order valence-corrected chi connectivity index (χ4v) is 4.00. The fraction of sp³-hybridized carbons (Fsp3) is 0.391. The highest BCUT2D eigenvalue weighted by Gasteiger charge is 2.18. The van der Waals surface area contributed by atoms with Gasteiger partial charge in [0, 0.05) is 22.9 Å². The molecule has 0 aromatic heterocycles. The van der Waals surface area contributed by atoms with Crippen molar-refractivity contribution in [2.24, 2.45) is 0 Å². The average molecular weight is 475 g/mol. The Bertz CT molecular complexity index is 893. The third-order valence-corrected chi connectivity index (χ3v) is 5.63. The van der Waals surface area contributed by atoms with Crippen molar-refractivity contribution >= 4 is 33.4 Å². The molecular weight excluding hydrogens is 448 g/mol. The maximum atomic E-state index is 12.7. The molecule has 0 spiro atoms. The molecule has 0 bridgehead atoms. The third kappa shape index (κ3) is 5.53. The second-order valence-electron chi connectivity index (χ2n) is 7.32. The summed E-state index contributed by atoms with van der Waals surface area (Å²) in [6.07, 6.45) is 5.29. The van der Waals surface area contributed by atoms with Crippen molar-refractivity contribution in [3.8, 4) is 11.5 Å². The van der Waals surface area contributed by atoms with E-state index in [0.29, 0.717) is 39.4 Å². The molecule has 1 fully saturated rings. The van der Waals surface area contributed by atoms with Crippen LogP contribution in [-0.4, -0.2) is 31.6 Å². The lowest BCUT2D eigenvalue weighted by Gasteiger charge is -2.14. The molecule has 30 heavy (non-hydrogen) atoms.